The van der Waals surface area contributed by atoms with Crippen LogP contribution in [-0.2, 0) is 12.8 Å². The molecule has 0 aromatic carbocycles. The summed E-state index contributed by atoms with van der Waals surface area (Å²) in [5.41, 5.74) is 2.65. The SMILES string of the molecule is CC1CCC(Nc2ncnc3c2CCC3)CC1C. The molecule has 2 aliphatic rings. The van der Waals surface area contributed by atoms with Gasteiger partial charge in [0.1, 0.15) is 12.1 Å². The standard InChI is InChI=1S/C15H23N3/c1-10-6-7-12(8-11(10)2)18-15-13-4-3-5-14(13)16-9-17-15/h9-12H,3-8H2,1-2H3,(H,16,17,18). The topological polar surface area (TPSA) is 37.8 Å². The fraction of sp³-hybridized carbons (Fsp3) is 0.733. The van der Waals surface area contributed by atoms with Gasteiger partial charge in [-0.15, -0.1) is 0 Å². The number of aromatic nitrogens is 2. The molecule has 0 radical (unpaired) electrons. The third kappa shape index (κ3) is 2.23. The maximum atomic E-state index is 4.47. The molecular formula is C15H23N3. The molecule has 3 heteroatoms. The van der Waals surface area contributed by atoms with Gasteiger partial charge in [0, 0.05) is 17.3 Å². The predicted octanol–water partition coefficient (Wildman–Crippen LogP) is 3.20. The minimum atomic E-state index is 0.607. The Morgan fingerprint density at radius 3 is 2.83 bits per heavy atom. The van der Waals surface area contributed by atoms with E-state index >= 15 is 0 Å². The number of anilines is 1. The Kier molecular flexibility index (Phi) is 3.23. The van der Waals surface area contributed by atoms with Crippen molar-refractivity contribution in [1.29, 1.82) is 0 Å². The van der Waals surface area contributed by atoms with Crippen LogP contribution in [-0.4, -0.2) is 16.0 Å². The summed E-state index contributed by atoms with van der Waals surface area (Å²) in [5.74, 6) is 2.81. The van der Waals surface area contributed by atoms with Gasteiger partial charge < -0.3 is 5.32 Å². The molecule has 0 aliphatic heterocycles. The Hall–Kier alpha value is -1.12. The lowest BCUT2D eigenvalue weighted by Gasteiger charge is -2.33. The van der Waals surface area contributed by atoms with E-state index in [4.69, 9.17) is 0 Å². The molecule has 3 atom stereocenters. The van der Waals surface area contributed by atoms with Crippen molar-refractivity contribution in [3.63, 3.8) is 0 Å². The monoisotopic (exact) mass is 245 g/mol. The molecule has 0 bridgehead atoms. The third-order valence-electron chi connectivity index (χ3n) is 4.81. The van der Waals surface area contributed by atoms with Gasteiger partial charge in [-0.2, -0.15) is 0 Å². The van der Waals surface area contributed by atoms with Crippen LogP contribution in [0.15, 0.2) is 6.33 Å². The van der Waals surface area contributed by atoms with Crippen molar-refractivity contribution in [3.05, 3.63) is 17.6 Å². The average molecular weight is 245 g/mol. The van der Waals surface area contributed by atoms with Crippen LogP contribution in [0.1, 0.15) is 50.8 Å². The summed E-state index contributed by atoms with van der Waals surface area (Å²) in [6.07, 6.45) is 9.14. The second-order valence-corrected chi connectivity index (χ2v) is 6.11. The lowest BCUT2D eigenvalue weighted by molar-refractivity contribution is 0.260. The summed E-state index contributed by atoms with van der Waals surface area (Å²) < 4.78 is 0. The van der Waals surface area contributed by atoms with Crippen molar-refractivity contribution in [1.82, 2.24) is 9.97 Å². The van der Waals surface area contributed by atoms with E-state index in [1.54, 1.807) is 6.33 Å². The molecule has 1 aromatic rings. The highest BCUT2D eigenvalue weighted by atomic mass is 15.0. The highest BCUT2D eigenvalue weighted by Crippen LogP contribution is 2.32. The number of hydrogen-bond donors (Lipinski definition) is 1. The van der Waals surface area contributed by atoms with Gasteiger partial charge in [0.25, 0.3) is 0 Å². The normalized spacial score (nSPS) is 31.1. The van der Waals surface area contributed by atoms with Crippen LogP contribution < -0.4 is 5.32 Å². The summed E-state index contributed by atoms with van der Waals surface area (Å²) >= 11 is 0. The molecule has 3 rings (SSSR count). The fourth-order valence-corrected chi connectivity index (χ4v) is 3.36. The molecule has 1 saturated carbocycles. The highest BCUT2D eigenvalue weighted by molar-refractivity contribution is 5.48. The molecule has 1 aromatic heterocycles. The van der Waals surface area contributed by atoms with Gasteiger partial charge in [-0.05, 0) is 50.4 Å². The number of nitrogens with one attached hydrogen (secondary N) is 1. The maximum absolute atomic E-state index is 4.47. The summed E-state index contributed by atoms with van der Waals surface area (Å²) in [5, 5.41) is 3.68. The molecule has 98 valence electrons. The number of nitrogens with zero attached hydrogens (tertiary/aromatic N) is 2. The van der Waals surface area contributed by atoms with E-state index in [1.807, 2.05) is 0 Å². The third-order valence-corrected chi connectivity index (χ3v) is 4.81. The minimum absolute atomic E-state index is 0.607. The highest BCUT2D eigenvalue weighted by Gasteiger charge is 2.26. The number of rotatable bonds is 2. The van der Waals surface area contributed by atoms with Crippen LogP contribution in [0.25, 0.3) is 0 Å². The second kappa shape index (κ2) is 4.87. The van der Waals surface area contributed by atoms with E-state index in [-0.39, 0.29) is 0 Å². The van der Waals surface area contributed by atoms with Crippen molar-refractivity contribution < 1.29 is 0 Å². The van der Waals surface area contributed by atoms with E-state index in [0.717, 1.165) is 30.5 Å². The van der Waals surface area contributed by atoms with E-state index in [1.165, 1.54) is 36.9 Å². The Balaban J connectivity index is 1.72. The van der Waals surface area contributed by atoms with Crippen molar-refractivity contribution in [2.75, 3.05) is 5.32 Å². The zero-order valence-electron chi connectivity index (χ0n) is 11.4. The van der Waals surface area contributed by atoms with Crippen LogP contribution in [0.2, 0.25) is 0 Å². The Labute approximate surface area is 109 Å². The summed E-state index contributed by atoms with van der Waals surface area (Å²) in [6, 6.07) is 0.607. The van der Waals surface area contributed by atoms with Crippen molar-refractivity contribution >= 4 is 5.82 Å². The maximum Gasteiger partial charge on any atom is 0.133 e. The Morgan fingerprint density at radius 1 is 1.11 bits per heavy atom. The van der Waals surface area contributed by atoms with Crippen LogP contribution in [0.3, 0.4) is 0 Å². The molecule has 3 nitrogen and oxygen atoms in total. The first kappa shape index (κ1) is 11.9. The molecule has 3 unspecified atom stereocenters. The van der Waals surface area contributed by atoms with Gasteiger partial charge in [0.2, 0.25) is 0 Å². The first-order chi connectivity index (χ1) is 8.74. The van der Waals surface area contributed by atoms with E-state index < -0.39 is 0 Å². The van der Waals surface area contributed by atoms with Gasteiger partial charge >= 0.3 is 0 Å². The molecule has 0 saturated heterocycles. The lowest BCUT2D eigenvalue weighted by atomic mass is 9.79. The molecule has 1 fully saturated rings. The Morgan fingerprint density at radius 2 is 2.00 bits per heavy atom. The van der Waals surface area contributed by atoms with Crippen LogP contribution in [0.5, 0.6) is 0 Å². The number of fused-ring (bicyclic) bond motifs is 1. The average Bonchev–Trinajstić information content (AvgIpc) is 2.83. The summed E-state index contributed by atoms with van der Waals surface area (Å²) in [7, 11) is 0. The first-order valence-corrected chi connectivity index (χ1v) is 7.33. The van der Waals surface area contributed by atoms with Crippen LogP contribution in [0.4, 0.5) is 5.82 Å². The minimum Gasteiger partial charge on any atom is -0.367 e. The largest absolute Gasteiger partial charge is 0.367 e. The Bertz CT molecular complexity index is 430. The van der Waals surface area contributed by atoms with Gasteiger partial charge in [-0.25, -0.2) is 9.97 Å². The predicted molar refractivity (Wildman–Crippen MR) is 73.6 cm³/mol. The molecule has 2 aliphatic carbocycles. The van der Waals surface area contributed by atoms with Crippen LogP contribution in [0, 0.1) is 11.8 Å². The van der Waals surface area contributed by atoms with Gasteiger partial charge in [-0.1, -0.05) is 13.8 Å². The van der Waals surface area contributed by atoms with Gasteiger partial charge in [0.05, 0.1) is 0 Å². The van der Waals surface area contributed by atoms with Crippen molar-refractivity contribution in [2.45, 2.75) is 58.4 Å². The van der Waals surface area contributed by atoms with Gasteiger partial charge in [-0.3, -0.25) is 0 Å². The zero-order chi connectivity index (χ0) is 12.5. The van der Waals surface area contributed by atoms with E-state index in [2.05, 4.69) is 29.1 Å². The van der Waals surface area contributed by atoms with Gasteiger partial charge in [0.15, 0.2) is 0 Å². The van der Waals surface area contributed by atoms with Crippen molar-refractivity contribution in [3.8, 4) is 0 Å². The molecule has 0 amide bonds. The van der Waals surface area contributed by atoms with Crippen molar-refractivity contribution in [2.24, 2.45) is 11.8 Å². The first-order valence-electron chi connectivity index (χ1n) is 7.33. The van der Waals surface area contributed by atoms with E-state index in [0.29, 0.717) is 6.04 Å². The summed E-state index contributed by atoms with van der Waals surface area (Å²) in [6.45, 7) is 4.76. The molecule has 18 heavy (non-hydrogen) atoms. The molecule has 1 N–H and O–H groups in total. The zero-order valence-corrected chi connectivity index (χ0v) is 11.4. The van der Waals surface area contributed by atoms with Crippen LogP contribution >= 0.6 is 0 Å². The fourth-order valence-electron chi connectivity index (χ4n) is 3.36. The number of aryl methyl sites for hydroxylation is 1. The molecule has 0 spiro atoms. The number of hydrogen-bond acceptors (Lipinski definition) is 3. The molecular weight excluding hydrogens is 222 g/mol. The smallest absolute Gasteiger partial charge is 0.133 e. The molecule has 1 heterocycles. The summed E-state index contributed by atoms with van der Waals surface area (Å²) in [4.78, 5) is 8.86. The lowest BCUT2D eigenvalue weighted by Crippen LogP contribution is -2.31. The second-order valence-electron chi connectivity index (χ2n) is 6.11. The van der Waals surface area contributed by atoms with E-state index in [9.17, 15) is 0 Å². The quantitative estimate of drug-likeness (QED) is 0.869.